The van der Waals surface area contributed by atoms with Crippen molar-refractivity contribution in [2.24, 2.45) is 17.8 Å². The van der Waals surface area contributed by atoms with E-state index in [1.165, 1.54) is 56.9 Å². The Morgan fingerprint density at radius 3 is 1.91 bits per heavy atom. The normalized spacial score (nSPS) is 21.4. The van der Waals surface area contributed by atoms with E-state index in [0.717, 1.165) is 59.5 Å². The predicted molar refractivity (Wildman–Crippen MR) is 175 cm³/mol. The van der Waals surface area contributed by atoms with Gasteiger partial charge in [0.15, 0.2) is 11.9 Å². The first-order valence-electron chi connectivity index (χ1n) is 16.2. The largest absolute Gasteiger partial charge is 0.507 e. The van der Waals surface area contributed by atoms with Gasteiger partial charge >= 0.3 is 5.97 Å². The maximum atomic E-state index is 10.5. The molecule has 2 unspecified atom stereocenters. The number of fused-ring (bicyclic) bond motifs is 1. The maximum absolute atomic E-state index is 10.5. The number of rotatable bonds is 14. The number of hydrogen-bond donors (Lipinski definition) is 5. The Bertz CT molecular complexity index is 1100. The molecule has 1 aromatic carbocycles. The van der Waals surface area contributed by atoms with Gasteiger partial charge in [0.05, 0.1) is 6.61 Å². The molecule has 0 aromatic heterocycles. The molecule has 5 atom stereocenters. The van der Waals surface area contributed by atoms with Crippen molar-refractivity contribution in [3.8, 4) is 11.5 Å². The van der Waals surface area contributed by atoms with Gasteiger partial charge in [-0.2, -0.15) is 0 Å². The standard InChI is InChI=1S/C29H50O2.C6H8O6.Se/c1-20(2)12-9-13-21(3)14-10-15-22(4)16-11-18-29(8)19-17-26-25(7)27(30)23(5)24(6)28(26)31-29;7-1-2(8)5-3(9)4(10)6(11)12-5;/h20-22,30H,9-19H2,1-8H3;2,5,7-10H,1H2;/t21-,22-,29-;;/m1../s1. The molecule has 2 heterocycles. The fraction of sp³-hybridized carbons (Fsp3) is 0.743. The summed E-state index contributed by atoms with van der Waals surface area (Å²) in [6.07, 6.45) is 11.3. The van der Waals surface area contributed by atoms with E-state index in [9.17, 15) is 9.90 Å². The molecule has 9 heteroatoms. The summed E-state index contributed by atoms with van der Waals surface area (Å²) in [5.74, 6) is 1.26. The van der Waals surface area contributed by atoms with E-state index in [0.29, 0.717) is 5.75 Å². The molecule has 0 aliphatic carbocycles. The number of benzene rings is 1. The van der Waals surface area contributed by atoms with Gasteiger partial charge in [0.25, 0.3) is 0 Å². The van der Waals surface area contributed by atoms with Gasteiger partial charge in [-0.3, -0.25) is 0 Å². The third-order valence-corrected chi connectivity index (χ3v) is 9.34. The molecule has 0 spiro atoms. The summed E-state index contributed by atoms with van der Waals surface area (Å²) in [6, 6.07) is 0. The molecule has 2 aliphatic rings. The molecular weight excluding hydrogens is 627 g/mol. The van der Waals surface area contributed by atoms with Gasteiger partial charge in [-0.1, -0.05) is 72.6 Å². The number of ether oxygens (including phenoxy) is 2. The summed E-state index contributed by atoms with van der Waals surface area (Å²) in [7, 11) is 0. The Hall–Kier alpha value is -1.93. The minimum Gasteiger partial charge on any atom is -0.507 e. The van der Waals surface area contributed by atoms with Crippen molar-refractivity contribution < 1.29 is 39.8 Å². The third kappa shape index (κ3) is 11.1. The van der Waals surface area contributed by atoms with E-state index in [4.69, 9.17) is 25.2 Å². The Labute approximate surface area is 275 Å². The molecule has 5 N–H and O–H groups in total. The maximum Gasteiger partial charge on any atom is 0.377 e. The Morgan fingerprint density at radius 1 is 0.864 bits per heavy atom. The van der Waals surface area contributed by atoms with Gasteiger partial charge in [0, 0.05) is 22.6 Å². The number of aliphatic hydroxyl groups is 4. The number of esters is 1. The van der Waals surface area contributed by atoms with Crippen LogP contribution < -0.4 is 4.74 Å². The van der Waals surface area contributed by atoms with Crippen molar-refractivity contribution in [1.82, 2.24) is 0 Å². The molecule has 0 saturated carbocycles. The van der Waals surface area contributed by atoms with Crippen LogP contribution in [0.2, 0.25) is 0 Å². The molecular formula is C35H58O8Se. The number of cyclic esters (lactones) is 1. The van der Waals surface area contributed by atoms with Gasteiger partial charge in [-0.15, -0.1) is 0 Å². The summed E-state index contributed by atoms with van der Waals surface area (Å²) in [6.45, 7) is 17.3. The molecule has 0 fully saturated rings. The van der Waals surface area contributed by atoms with Crippen LogP contribution in [0.5, 0.6) is 11.5 Å². The van der Waals surface area contributed by atoms with Crippen LogP contribution in [0.4, 0.5) is 0 Å². The topological polar surface area (TPSA) is 137 Å². The number of aliphatic hydroxyl groups excluding tert-OH is 4. The van der Waals surface area contributed by atoms with Crippen molar-refractivity contribution in [3.63, 3.8) is 0 Å². The van der Waals surface area contributed by atoms with E-state index >= 15 is 0 Å². The smallest absolute Gasteiger partial charge is 0.377 e. The van der Waals surface area contributed by atoms with Crippen LogP contribution in [-0.2, 0) is 16.0 Å². The van der Waals surface area contributed by atoms with Gasteiger partial charge in [-0.25, -0.2) is 4.79 Å². The second-order valence-corrected chi connectivity index (χ2v) is 13.8. The number of carbonyl (C=O) groups is 1. The minimum atomic E-state index is -1.42. The van der Waals surface area contributed by atoms with Crippen LogP contribution in [0.3, 0.4) is 0 Å². The first-order valence-corrected chi connectivity index (χ1v) is 16.2. The summed E-state index contributed by atoms with van der Waals surface area (Å²) < 4.78 is 10.9. The van der Waals surface area contributed by atoms with Crippen molar-refractivity contribution in [2.75, 3.05) is 6.61 Å². The molecule has 0 bridgehead atoms. The van der Waals surface area contributed by atoms with Crippen molar-refractivity contribution in [1.29, 1.82) is 0 Å². The number of phenols is 1. The number of aromatic hydroxyl groups is 1. The number of carbonyl (C=O) groups excluding carboxylic acids is 1. The van der Waals surface area contributed by atoms with Crippen LogP contribution >= 0.6 is 0 Å². The molecule has 8 nitrogen and oxygen atoms in total. The van der Waals surface area contributed by atoms with Crippen molar-refractivity contribution in [2.45, 2.75) is 144 Å². The zero-order chi connectivity index (χ0) is 32.5. The zero-order valence-corrected chi connectivity index (χ0v) is 30.0. The average molecular weight is 686 g/mol. The van der Waals surface area contributed by atoms with Crippen LogP contribution in [0, 0.1) is 38.5 Å². The fourth-order valence-corrected chi connectivity index (χ4v) is 6.10. The van der Waals surface area contributed by atoms with E-state index in [1.54, 1.807) is 0 Å². The summed E-state index contributed by atoms with van der Waals surface area (Å²) >= 11 is 0. The van der Waals surface area contributed by atoms with Crippen molar-refractivity contribution >= 4 is 23.0 Å². The van der Waals surface area contributed by atoms with E-state index in [-0.39, 0.29) is 22.7 Å². The van der Waals surface area contributed by atoms with Gasteiger partial charge in [0.1, 0.15) is 23.2 Å². The van der Waals surface area contributed by atoms with Crippen molar-refractivity contribution in [3.05, 3.63) is 33.8 Å². The number of phenolic OH excluding ortho intramolecular Hbond substituents is 1. The molecule has 0 saturated heterocycles. The zero-order valence-electron chi connectivity index (χ0n) is 28.2. The Balaban J connectivity index is 0.000000624. The molecule has 2 radical (unpaired) electrons. The van der Waals surface area contributed by atoms with Gasteiger partial charge in [-0.05, 0) is 87.8 Å². The number of hydrogen-bond acceptors (Lipinski definition) is 8. The van der Waals surface area contributed by atoms with Crippen LogP contribution in [0.1, 0.15) is 121 Å². The van der Waals surface area contributed by atoms with Gasteiger partial charge < -0.3 is 35.0 Å². The van der Waals surface area contributed by atoms with Crippen LogP contribution in [-0.4, -0.2) is 73.0 Å². The van der Waals surface area contributed by atoms with Crippen LogP contribution in [0.25, 0.3) is 0 Å². The first kappa shape index (κ1) is 40.1. The molecule has 3 rings (SSSR count). The Morgan fingerprint density at radius 2 is 1.41 bits per heavy atom. The quantitative estimate of drug-likeness (QED) is 0.104. The second kappa shape index (κ2) is 18.3. The average Bonchev–Trinajstić information content (AvgIpc) is 3.21. The van der Waals surface area contributed by atoms with Crippen LogP contribution in [0.15, 0.2) is 11.5 Å². The summed E-state index contributed by atoms with van der Waals surface area (Å²) in [4.78, 5) is 10.5. The predicted octanol–water partition coefficient (Wildman–Crippen LogP) is 7.05. The minimum absolute atomic E-state index is 0. The molecule has 1 aromatic rings. The Kier molecular flexibility index (Phi) is 16.7. The molecule has 0 amide bonds. The van der Waals surface area contributed by atoms with E-state index in [2.05, 4.69) is 46.3 Å². The second-order valence-electron chi connectivity index (χ2n) is 13.8. The summed E-state index contributed by atoms with van der Waals surface area (Å²) in [5, 5.41) is 45.4. The SMILES string of the molecule is Cc1c(C)c2c(c(C)c1O)CC[C@@](C)(CCC[C@H](C)CCC[C@H](C)CCCC(C)C)O2.O=C1OC(C(O)CO)C(O)=C1O.[Se]. The summed E-state index contributed by atoms with van der Waals surface area (Å²) in [5.41, 5.74) is 4.23. The first-order chi connectivity index (χ1) is 20.1. The molecule has 44 heavy (non-hydrogen) atoms. The fourth-order valence-electron chi connectivity index (χ4n) is 6.10. The molecule has 252 valence electrons. The molecule has 2 aliphatic heterocycles. The van der Waals surface area contributed by atoms with E-state index in [1.807, 2.05) is 13.8 Å². The van der Waals surface area contributed by atoms with E-state index < -0.39 is 36.3 Å². The van der Waals surface area contributed by atoms with Gasteiger partial charge in [0.2, 0.25) is 5.76 Å². The monoisotopic (exact) mass is 686 g/mol. The third-order valence-electron chi connectivity index (χ3n) is 9.34.